The maximum absolute atomic E-state index is 13.0. The van der Waals surface area contributed by atoms with Crippen LogP contribution < -0.4 is 10.2 Å². The molecule has 0 saturated heterocycles. The van der Waals surface area contributed by atoms with Gasteiger partial charge >= 0.3 is 0 Å². The highest BCUT2D eigenvalue weighted by Gasteiger charge is 2.26. The molecule has 0 unspecified atom stereocenters. The molecule has 6 nitrogen and oxygen atoms in total. The predicted molar refractivity (Wildman–Crippen MR) is 117 cm³/mol. The van der Waals surface area contributed by atoms with Crippen LogP contribution in [0.2, 0.25) is 0 Å². The first-order valence-corrected chi connectivity index (χ1v) is 12.3. The number of thiophene rings is 1. The molecule has 1 aliphatic rings. The van der Waals surface area contributed by atoms with Crippen LogP contribution in [0.4, 0.5) is 0 Å². The Bertz CT molecular complexity index is 1160. The molecule has 2 aromatic carbocycles. The number of amides is 1. The molecule has 0 bridgehead atoms. The zero-order chi connectivity index (χ0) is 21.1. The minimum atomic E-state index is -3.93. The van der Waals surface area contributed by atoms with Crippen LogP contribution in [0.15, 0.2) is 53.4 Å². The Morgan fingerprint density at radius 3 is 2.63 bits per heavy atom. The smallest absolute Gasteiger partial charge is 0.261 e. The number of rotatable bonds is 7. The van der Waals surface area contributed by atoms with Crippen LogP contribution >= 0.6 is 11.3 Å². The topological polar surface area (TPSA) is 95.5 Å². The molecule has 0 saturated carbocycles. The fraction of sp³-hybridized carbons (Fsp3) is 0.318. The van der Waals surface area contributed by atoms with E-state index in [0.717, 1.165) is 28.5 Å². The quantitative estimate of drug-likeness (QED) is 0.384. The Morgan fingerprint density at radius 1 is 1.10 bits per heavy atom. The maximum Gasteiger partial charge on any atom is 0.261 e. The van der Waals surface area contributed by atoms with Crippen LogP contribution in [-0.2, 0) is 34.1 Å². The largest absolute Gasteiger partial charge is 0.289 e. The van der Waals surface area contributed by atoms with E-state index in [0.29, 0.717) is 6.42 Å². The van der Waals surface area contributed by atoms with Gasteiger partial charge in [0, 0.05) is 9.58 Å². The number of sulfonamides is 1. The summed E-state index contributed by atoms with van der Waals surface area (Å²) in [5.41, 5.74) is 3.90. The average Bonchev–Trinajstić information content (AvgIpc) is 3.14. The van der Waals surface area contributed by atoms with Crippen molar-refractivity contribution in [2.45, 2.75) is 49.5 Å². The maximum atomic E-state index is 13.0. The second-order valence-electron chi connectivity index (χ2n) is 7.54. The van der Waals surface area contributed by atoms with Gasteiger partial charge in [-0.1, -0.05) is 36.4 Å². The minimum Gasteiger partial charge on any atom is -0.289 e. The summed E-state index contributed by atoms with van der Waals surface area (Å²) in [7, 11) is -3.93. The van der Waals surface area contributed by atoms with E-state index in [1.807, 2.05) is 36.4 Å². The molecule has 3 N–H and O–H groups in total. The Labute approximate surface area is 179 Å². The van der Waals surface area contributed by atoms with Crippen LogP contribution in [0.5, 0.6) is 0 Å². The molecular weight excluding hydrogens is 420 g/mol. The molecule has 1 aromatic heterocycles. The van der Waals surface area contributed by atoms with Crippen molar-refractivity contribution in [2.75, 3.05) is 0 Å². The van der Waals surface area contributed by atoms with E-state index in [2.05, 4.69) is 4.72 Å². The highest BCUT2D eigenvalue weighted by atomic mass is 32.2. The van der Waals surface area contributed by atoms with Crippen LogP contribution in [-0.4, -0.2) is 25.6 Å². The molecule has 0 fully saturated rings. The van der Waals surface area contributed by atoms with E-state index in [-0.39, 0.29) is 11.3 Å². The average molecular weight is 445 g/mol. The van der Waals surface area contributed by atoms with Crippen LogP contribution in [0.25, 0.3) is 10.1 Å². The highest BCUT2D eigenvalue weighted by molar-refractivity contribution is 7.89. The van der Waals surface area contributed by atoms with Crippen molar-refractivity contribution >= 4 is 37.4 Å². The van der Waals surface area contributed by atoms with Gasteiger partial charge in [0.25, 0.3) is 5.91 Å². The lowest BCUT2D eigenvalue weighted by molar-refractivity contribution is -0.131. The molecule has 1 aliphatic carbocycles. The van der Waals surface area contributed by atoms with Crippen LogP contribution in [0, 0.1) is 0 Å². The second kappa shape index (κ2) is 8.85. The number of hydroxylamine groups is 1. The van der Waals surface area contributed by atoms with Gasteiger partial charge in [-0.2, -0.15) is 4.72 Å². The molecule has 0 aliphatic heterocycles. The third-order valence-electron chi connectivity index (χ3n) is 5.53. The van der Waals surface area contributed by atoms with Gasteiger partial charge in [-0.15, -0.1) is 11.3 Å². The monoisotopic (exact) mass is 444 g/mol. The third kappa shape index (κ3) is 4.41. The number of hydrogen-bond acceptors (Lipinski definition) is 5. The Hall–Kier alpha value is -2.26. The zero-order valence-electron chi connectivity index (χ0n) is 16.4. The molecule has 0 spiro atoms. The summed E-state index contributed by atoms with van der Waals surface area (Å²) in [5, 5.41) is 10.2. The van der Waals surface area contributed by atoms with Crippen LogP contribution in [0.1, 0.15) is 35.3 Å². The summed E-state index contributed by atoms with van der Waals surface area (Å²) in [6.07, 6.45) is 5.15. The summed E-state index contributed by atoms with van der Waals surface area (Å²) in [6.45, 7) is 0. The number of carbonyl (C=O) groups is 1. The van der Waals surface area contributed by atoms with Gasteiger partial charge in [-0.05, 0) is 67.2 Å². The van der Waals surface area contributed by atoms with Gasteiger partial charge in [0.1, 0.15) is 6.04 Å². The number of aryl methyl sites for hydroxylation is 3. The van der Waals surface area contributed by atoms with Gasteiger partial charge in [-0.3, -0.25) is 10.0 Å². The van der Waals surface area contributed by atoms with E-state index in [1.165, 1.54) is 23.3 Å². The Balaban J connectivity index is 1.56. The van der Waals surface area contributed by atoms with Gasteiger partial charge < -0.3 is 0 Å². The van der Waals surface area contributed by atoms with Crippen molar-refractivity contribution in [1.82, 2.24) is 10.2 Å². The van der Waals surface area contributed by atoms with Crippen molar-refractivity contribution in [1.29, 1.82) is 0 Å². The summed E-state index contributed by atoms with van der Waals surface area (Å²) < 4.78 is 29.4. The van der Waals surface area contributed by atoms with E-state index >= 15 is 0 Å². The summed E-state index contributed by atoms with van der Waals surface area (Å²) in [6, 6.07) is 13.6. The fourth-order valence-electron chi connectivity index (χ4n) is 3.94. The van der Waals surface area contributed by atoms with Crippen molar-refractivity contribution in [3.05, 3.63) is 64.5 Å². The van der Waals surface area contributed by atoms with Crippen molar-refractivity contribution in [2.24, 2.45) is 0 Å². The van der Waals surface area contributed by atoms with Gasteiger partial charge in [0.2, 0.25) is 10.0 Å². The third-order valence-corrected chi connectivity index (χ3v) is 8.25. The van der Waals surface area contributed by atoms with Crippen molar-refractivity contribution in [3.8, 4) is 0 Å². The highest BCUT2D eigenvalue weighted by Crippen LogP contribution is 2.37. The second-order valence-corrected chi connectivity index (χ2v) is 10.4. The fourth-order valence-corrected chi connectivity index (χ4v) is 6.61. The Kier molecular flexibility index (Phi) is 6.19. The first-order valence-electron chi connectivity index (χ1n) is 10.0. The molecule has 4 rings (SSSR count). The standard InChI is InChI=1S/C22H24N2O4S2/c25-22(23-26)19(13-10-15-6-2-1-3-7-15)24-30(27,28)16-11-12-18-17-8-4-5-9-20(17)29-21(18)14-16/h1-3,6-7,11-12,14,19,24,26H,4-5,8-10,13H2,(H,23,25)/t19-/m0/s1. The molecule has 1 atom stereocenters. The van der Waals surface area contributed by atoms with Gasteiger partial charge in [0.15, 0.2) is 0 Å². The summed E-state index contributed by atoms with van der Waals surface area (Å²) in [4.78, 5) is 13.6. The van der Waals surface area contributed by atoms with Gasteiger partial charge in [-0.25, -0.2) is 13.9 Å². The number of hydrogen-bond donors (Lipinski definition) is 3. The summed E-state index contributed by atoms with van der Waals surface area (Å²) in [5.74, 6) is -0.776. The molecule has 30 heavy (non-hydrogen) atoms. The van der Waals surface area contributed by atoms with Crippen molar-refractivity contribution < 1.29 is 18.4 Å². The number of carbonyl (C=O) groups excluding carboxylic acids is 1. The first-order chi connectivity index (χ1) is 14.5. The van der Waals surface area contributed by atoms with E-state index in [4.69, 9.17) is 5.21 Å². The molecule has 1 heterocycles. The predicted octanol–water partition coefficient (Wildman–Crippen LogP) is 3.57. The number of fused-ring (bicyclic) bond motifs is 3. The van der Waals surface area contributed by atoms with Crippen molar-refractivity contribution in [3.63, 3.8) is 0 Å². The lowest BCUT2D eigenvalue weighted by Crippen LogP contribution is -2.46. The normalized spacial score (nSPS) is 15.0. The molecule has 0 radical (unpaired) electrons. The SMILES string of the molecule is O=C(NO)[C@H](CCc1ccccc1)NS(=O)(=O)c1ccc2c3c(sc2c1)CCCC3. The van der Waals surface area contributed by atoms with E-state index in [9.17, 15) is 13.2 Å². The minimum absolute atomic E-state index is 0.129. The molecule has 3 aromatic rings. The van der Waals surface area contributed by atoms with Gasteiger partial charge in [0.05, 0.1) is 4.90 Å². The first kappa shape index (κ1) is 21.0. The zero-order valence-corrected chi connectivity index (χ0v) is 18.1. The summed E-state index contributed by atoms with van der Waals surface area (Å²) >= 11 is 1.66. The lowest BCUT2D eigenvalue weighted by atomic mass is 9.96. The molecule has 158 valence electrons. The molecule has 1 amide bonds. The lowest BCUT2D eigenvalue weighted by Gasteiger charge is -2.17. The molecule has 8 heteroatoms. The number of nitrogens with one attached hydrogen (secondary N) is 2. The Morgan fingerprint density at radius 2 is 1.87 bits per heavy atom. The van der Waals surface area contributed by atoms with E-state index in [1.54, 1.807) is 28.9 Å². The van der Waals surface area contributed by atoms with E-state index < -0.39 is 22.0 Å². The van der Waals surface area contributed by atoms with Crippen LogP contribution in [0.3, 0.4) is 0 Å². The molecular formula is C22H24N2O4S2. The number of benzene rings is 2.